The lowest BCUT2D eigenvalue weighted by molar-refractivity contribution is -0.116. The van der Waals surface area contributed by atoms with Gasteiger partial charge in [0.05, 0.1) is 35.5 Å². The number of piperidine rings is 1. The van der Waals surface area contributed by atoms with Gasteiger partial charge in [-0.05, 0) is 63.4 Å². The molecule has 0 spiro atoms. The zero-order valence-electron chi connectivity index (χ0n) is 22.1. The quantitative estimate of drug-likeness (QED) is 0.296. The van der Waals surface area contributed by atoms with Crippen molar-refractivity contribution in [3.63, 3.8) is 0 Å². The summed E-state index contributed by atoms with van der Waals surface area (Å²) >= 11 is 6.12. The van der Waals surface area contributed by atoms with E-state index in [0.717, 1.165) is 56.6 Å². The van der Waals surface area contributed by atoms with E-state index in [2.05, 4.69) is 20.5 Å². The molecule has 2 amide bonds. The zero-order valence-corrected chi connectivity index (χ0v) is 22.9. The van der Waals surface area contributed by atoms with Crippen molar-refractivity contribution in [3.05, 3.63) is 46.1 Å². The second kappa shape index (κ2) is 13.6. The van der Waals surface area contributed by atoms with Crippen molar-refractivity contribution in [2.75, 3.05) is 44.9 Å². The van der Waals surface area contributed by atoms with Crippen LogP contribution in [0, 0.1) is 13.8 Å². The third kappa shape index (κ3) is 8.31. The van der Waals surface area contributed by atoms with Crippen LogP contribution in [-0.2, 0) is 9.53 Å². The molecule has 1 saturated heterocycles. The second-order valence-corrected chi connectivity index (χ2v) is 9.95. The Bertz CT molecular complexity index is 1080. The van der Waals surface area contributed by atoms with Gasteiger partial charge in [-0.3, -0.25) is 9.59 Å². The Morgan fingerprint density at radius 2 is 1.95 bits per heavy atom. The molecule has 1 aromatic carbocycles. The van der Waals surface area contributed by atoms with E-state index in [1.165, 1.54) is 13.2 Å². The van der Waals surface area contributed by atoms with Gasteiger partial charge in [-0.2, -0.15) is 0 Å². The van der Waals surface area contributed by atoms with Crippen LogP contribution in [0.2, 0.25) is 5.02 Å². The van der Waals surface area contributed by atoms with Gasteiger partial charge in [0.2, 0.25) is 5.91 Å². The fourth-order valence-corrected chi connectivity index (χ4v) is 4.82. The first kappa shape index (κ1) is 28.7. The van der Waals surface area contributed by atoms with Gasteiger partial charge < -0.3 is 30.7 Å². The van der Waals surface area contributed by atoms with Gasteiger partial charge in [-0.15, -0.1) is 0 Å². The van der Waals surface area contributed by atoms with Crippen LogP contribution in [0.3, 0.4) is 0 Å². The van der Waals surface area contributed by atoms with Crippen molar-refractivity contribution < 1.29 is 19.1 Å². The molecule has 1 aliphatic heterocycles. The van der Waals surface area contributed by atoms with E-state index in [9.17, 15) is 9.59 Å². The number of nitrogens with two attached hydrogens (primary N) is 1. The number of anilines is 2. The number of unbranched alkanes of at least 4 members (excludes halogenated alkanes) is 2. The van der Waals surface area contributed by atoms with Crippen molar-refractivity contribution in [2.45, 2.75) is 58.1 Å². The number of carbonyl (C=O) groups excluding carboxylic acids is 2. The molecule has 0 unspecified atom stereocenters. The number of benzene rings is 1. The van der Waals surface area contributed by atoms with Crippen LogP contribution in [0.15, 0.2) is 24.3 Å². The van der Waals surface area contributed by atoms with Crippen LogP contribution >= 0.6 is 11.6 Å². The summed E-state index contributed by atoms with van der Waals surface area (Å²) in [6, 6.07) is 6.81. The highest BCUT2D eigenvalue weighted by molar-refractivity contribution is 6.33. The number of likely N-dealkylation sites (tertiary alicyclic amines) is 1. The average Bonchev–Trinajstić information content (AvgIpc) is 2.85. The highest BCUT2D eigenvalue weighted by Gasteiger charge is 2.31. The number of nitrogens with one attached hydrogen (secondary N) is 2. The van der Waals surface area contributed by atoms with Crippen molar-refractivity contribution >= 4 is 34.9 Å². The number of rotatable bonds is 11. The van der Waals surface area contributed by atoms with Gasteiger partial charge in [-0.1, -0.05) is 18.0 Å². The summed E-state index contributed by atoms with van der Waals surface area (Å²) in [5.41, 5.74) is 8.50. The molecule has 1 fully saturated rings. The molecule has 0 bridgehead atoms. The van der Waals surface area contributed by atoms with Crippen LogP contribution < -0.4 is 21.1 Å². The number of halogens is 1. The molecule has 202 valence electrons. The molecular weight excluding hydrogens is 494 g/mol. The maximum absolute atomic E-state index is 13.0. The second-order valence-electron chi connectivity index (χ2n) is 9.55. The average molecular weight is 532 g/mol. The largest absolute Gasteiger partial charge is 0.496 e. The van der Waals surface area contributed by atoms with Gasteiger partial charge in [0.1, 0.15) is 11.6 Å². The number of hydrogen-bond acceptors (Lipinski definition) is 7. The van der Waals surface area contributed by atoms with E-state index >= 15 is 0 Å². The van der Waals surface area contributed by atoms with E-state index in [-0.39, 0.29) is 24.0 Å². The Labute approximate surface area is 224 Å². The summed E-state index contributed by atoms with van der Waals surface area (Å²) in [6.45, 7) is 6.40. The lowest BCUT2D eigenvalue weighted by Crippen LogP contribution is -2.54. The zero-order chi connectivity index (χ0) is 26.9. The minimum atomic E-state index is -0.270. The number of nitrogens with zero attached hydrogens (tertiary/aromatic N) is 2. The van der Waals surface area contributed by atoms with Crippen molar-refractivity contribution in [2.24, 2.45) is 0 Å². The van der Waals surface area contributed by atoms with E-state index in [1.54, 1.807) is 13.2 Å². The molecule has 10 heteroatoms. The number of aromatic nitrogens is 1. The fraction of sp³-hybridized carbons (Fsp3) is 0.519. The third-order valence-electron chi connectivity index (χ3n) is 6.57. The number of aryl methyl sites for hydroxylation is 2. The van der Waals surface area contributed by atoms with Gasteiger partial charge in [0.15, 0.2) is 0 Å². The molecule has 37 heavy (non-hydrogen) atoms. The number of amides is 2. The minimum absolute atomic E-state index is 0.00692. The molecule has 0 radical (unpaired) electrons. The van der Waals surface area contributed by atoms with Crippen LogP contribution in [0.4, 0.5) is 11.5 Å². The molecule has 1 aliphatic rings. The topological polar surface area (TPSA) is 119 Å². The smallest absolute Gasteiger partial charge is 0.255 e. The summed E-state index contributed by atoms with van der Waals surface area (Å²) in [6.07, 6.45) is 3.87. The maximum Gasteiger partial charge on any atom is 0.255 e. The Hall–Kier alpha value is -2.88. The van der Waals surface area contributed by atoms with Crippen LogP contribution in [0.5, 0.6) is 5.75 Å². The standard InChI is InChI=1S/C27H38ClN5O4/c1-17-12-18(2)30-25(13-17)32-26(34)8-6-5-7-10-33-11-9-22(24(16-33)37-4)31-27(35)19-14-20(28)21(29)15-23(19)36-3/h12-15,22,24H,5-11,16,29H2,1-4H3,(H,31,35)(H,30,32,34)/t22-,24+/m0/s1. The molecule has 1 aromatic heterocycles. The molecule has 3 rings (SSSR count). The molecule has 9 nitrogen and oxygen atoms in total. The maximum atomic E-state index is 13.0. The highest BCUT2D eigenvalue weighted by Crippen LogP contribution is 2.29. The number of ether oxygens (including phenoxy) is 2. The predicted octanol–water partition coefficient (Wildman–Crippen LogP) is 3.96. The summed E-state index contributed by atoms with van der Waals surface area (Å²) in [7, 11) is 3.15. The normalized spacial score (nSPS) is 17.9. The first-order valence-electron chi connectivity index (χ1n) is 12.6. The van der Waals surface area contributed by atoms with E-state index in [4.69, 9.17) is 26.8 Å². The number of methoxy groups -OCH3 is 2. The summed E-state index contributed by atoms with van der Waals surface area (Å²) < 4.78 is 11.0. The molecule has 2 atom stereocenters. The summed E-state index contributed by atoms with van der Waals surface area (Å²) in [4.78, 5) is 31.9. The molecule has 4 N–H and O–H groups in total. The molecular formula is C27H38ClN5O4. The number of pyridine rings is 1. The third-order valence-corrected chi connectivity index (χ3v) is 6.90. The van der Waals surface area contributed by atoms with Crippen molar-refractivity contribution in [3.8, 4) is 5.75 Å². The van der Waals surface area contributed by atoms with Crippen LogP contribution in [-0.4, -0.2) is 67.7 Å². The minimum Gasteiger partial charge on any atom is -0.496 e. The van der Waals surface area contributed by atoms with Gasteiger partial charge in [0.25, 0.3) is 5.91 Å². The van der Waals surface area contributed by atoms with Crippen molar-refractivity contribution in [1.29, 1.82) is 0 Å². The molecule has 2 heterocycles. The van der Waals surface area contributed by atoms with Crippen molar-refractivity contribution in [1.82, 2.24) is 15.2 Å². The lowest BCUT2D eigenvalue weighted by atomic mass is 10.00. The SMILES string of the molecule is COc1cc(N)c(Cl)cc1C(=O)N[C@H]1CCN(CCCCCC(=O)Nc2cc(C)cc(C)n2)C[C@H]1OC. The first-order chi connectivity index (χ1) is 17.7. The van der Waals surface area contributed by atoms with Crippen LogP contribution in [0.1, 0.15) is 53.7 Å². The number of carbonyl (C=O) groups is 2. The Kier molecular flexibility index (Phi) is 10.5. The van der Waals surface area contributed by atoms with Gasteiger partial charge in [-0.25, -0.2) is 4.98 Å². The Morgan fingerprint density at radius 3 is 2.65 bits per heavy atom. The molecule has 2 aromatic rings. The monoisotopic (exact) mass is 531 g/mol. The molecule has 0 aliphatic carbocycles. The Balaban J connectivity index is 1.40. The van der Waals surface area contributed by atoms with E-state index < -0.39 is 0 Å². The number of hydrogen-bond donors (Lipinski definition) is 3. The van der Waals surface area contributed by atoms with Gasteiger partial charge in [0, 0.05) is 38.4 Å². The fourth-order valence-electron chi connectivity index (χ4n) is 4.66. The van der Waals surface area contributed by atoms with E-state index in [0.29, 0.717) is 34.3 Å². The molecule has 0 saturated carbocycles. The van der Waals surface area contributed by atoms with Gasteiger partial charge >= 0.3 is 0 Å². The predicted molar refractivity (Wildman–Crippen MR) is 146 cm³/mol. The highest BCUT2D eigenvalue weighted by atomic mass is 35.5. The lowest BCUT2D eigenvalue weighted by Gasteiger charge is -2.38. The van der Waals surface area contributed by atoms with Crippen LogP contribution in [0.25, 0.3) is 0 Å². The van der Waals surface area contributed by atoms with E-state index in [1.807, 2.05) is 26.0 Å². The first-order valence-corrected chi connectivity index (χ1v) is 13.0. The summed E-state index contributed by atoms with van der Waals surface area (Å²) in [5, 5.41) is 6.27. The Morgan fingerprint density at radius 1 is 1.16 bits per heavy atom. The number of nitrogen functional groups attached to an aromatic ring is 1. The summed E-state index contributed by atoms with van der Waals surface area (Å²) in [5.74, 6) is 0.715.